The average Bonchev–Trinajstić information content (AvgIpc) is 2.44. The van der Waals surface area contributed by atoms with Gasteiger partial charge < -0.3 is 5.32 Å². The molecule has 0 bridgehead atoms. The lowest BCUT2D eigenvalue weighted by Crippen LogP contribution is -2.24. The van der Waals surface area contributed by atoms with Crippen molar-refractivity contribution < 1.29 is 4.39 Å². The second-order valence-corrected chi connectivity index (χ2v) is 7.15. The van der Waals surface area contributed by atoms with Crippen LogP contribution in [0.25, 0.3) is 0 Å². The molecule has 1 atom stereocenters. The van der Waals surface area contributed by atoms with Crippen molar-refractivity contribution in [3.05, 3.63) is 66.9 Å². The van der Waals surface area contributed by atoms with Gasteiger partial charge in [-0.15, -0.1) is 0 Å². The van der Waals surface area contributed by atoms with Crippen LogP contribution < -0.4 is 5.32 Å². The van der Waals surface area contributed by atoms with E-state index in [0.717, 1.165) is 28.6 Å². The fourth-order valence-electron chi connectivity index (χ4n) is 2.37. The third-order valence-electron chi connectivity index (χ3n) is 3.41. The van der Waals surface area contributed by atoms with E-state index in [1.54, 1.807) is 6.07 Å². The number of nitrogens with one attached hydrogen (secondary N) is 1. The first kappa shape index (κ1) is 16.9. The number of hydrogen-bond acceptors (Lipinski definition) is 1. The van der Waals surface area contributed by atoms with E-state index >= 15 is 0 Å². The minimum atomic E-state index is -0.188. The van der Waals surface area contributed by atoms with Crippen molar-refractivity contribution in [1.29, 1.82) is 0 Å². The van der Waals surface area contributed by atoms with Crippen LogP contribution in [0.1, 0.15) is 36.1 Å². The third-order valence-corrected chi connectivity index (χ3v) is 4.80. The van der Waals surface area contributed by atoms with E-state index in [4.69, 9.17) is 0 Å². The lowest BCUT2D eigenvalue weighted by atomic mass is 9.95. The van der Waals surface area contributed by atoms with Crippen LogP contribution in [0.4, 0.5) is 4.39 Å². The maximum Gasteiger partial charge on any atom is 0.123 e. The molecule has 2 aromatic carbocycles. The summed E-state index contributed by atoms with van der Waals surface area (Å²) in [5, 5.41) is 3.57. The van der Waals surface area contributed by atoms with Crippen LogP contribution in [0.3, 0.4) is 0 Å². The molecule has 0 fully saturated rings. The predicted molar refractivity (Wildman–Crippen MR) is 98.1 cm³/mol. The molecule has 0 aliphatic heterocycles. The number of aryl methyl sites for hydroxylation is 1. The maximum absolute atomic E-state index is 13.4. The van der Waals surface area contributed by atoms with Crippen LogP contribution in [0.2, 0.25) is 0 Å². The summed E-state index contributed by atoms with van der Waals surface area (Å²) in [5.74, 6) is -0.188. The normalized spacial score (nSPS) is 12.4. The summed E-state index contributed by atoms with van der Waals surface area (Å²) in [4.78, 5) is 0. The van der Waals surface area contributed by atoms with Gasteiger partial charge in [0.15, 0.2) is 0 Å². The Balaban J connectivity index is 2.49. The van der Waals surface area contributed by atoms with Crippen molar-refractivity contribution in [3.8, 4) is 0 Å². The summed E-state index contributed by atoms with van der Waals surface area (Å²) >= 11 is 5.96. The van der Waals surface area contributed by atoms with E-state index in [1.807, 2.05) is 13.0 Å². The van der Waals surface area contributed by atoms with Crippen LogP contribution in [-0.2, 0) is 0 Å². The first-order chi connectivity index (χ1) is 10.0. The summed E-state index contributed by atoms with van der Waals surface area (Å²) in [7, 11) is 0. The molecular formula is C17H18BrFIN. The first-order valence-electron chi connectivity index (χ1n) is 6.97. The molecule has 0 saturated heterocycles. The highest BCUT2D eigenvalue weighted by Crippen LogP contribution is 2.32. The molecule has 0 aliphatic rings. The number of rotatable bonds is 5. The molecule has 2 aromatic rings. The second kappa shape index (κ2) is 7.70. The standard InChI is InChI=1S/C17H18BrFIN/c1-3-8-21-17(14-6-4-12(19)9-11(14)2)15-10-13(20)5-7-16(15)18/h4-7,9-10,17,21H,3,8H2,1-2H3. The van der Waals surface area contributed by atoms with Crippen molar-refractivity contribution in [2.45, 2.75) is 26.3 Å². The highest BCUT2D eigenvalue weighted by atomic mass is 127. The van der Waals surface area contributed by atoms with Crippen LogP contribution in [0.5, 0.6) is 0 Å². The monoisotopic (exact) mass is 461 g/mol. The van der Waals surface area contributed by atoms with Crippen molar-refractivity contribution >= 4 is 38.5 Å². The average molecular weight is 462 g/mol. The molecule has 1 unspecified atom stereocenters. The Labute approximate surface area is 147 Å². The Morgan fingerprint density at radius 2 is 1.95 bits per heavy atom. The molecule has 1 nitrogen and oxygen atoms in total. The maximum atomic E-state index is 13.4. The summed E-state index contributed by atoms with van der Waals surface area (Å²) in [6, 6.07) is 11.4. The highest BCUT2D eigenvalue weighted by Gasteiger charge is 2.18. The van der Waals surface area contributed by atoms with Gasteiger partial charge in [-0.05, 0) is 89.5 Å². The molecule has 0 radical (unpaired) electrons. The molecule has 2 rings (SSSR count). The van der Waals surface area contributed by atoms with Crippen molar-refractivity contribution in [2.75, 3.05) is 6.54 Å². The van der Waals surface area contributed by atoms with Crippen molar-refractivity contribution in [2.24, 2.45) is 0 Å². The fourth-order valence-corrected chi connectivity index (χ4v) is 3.37. The Morgan fingerprint density at radius 1 is 1.19 bits per heavy atom. The van der Waals surface area contributed by atoms with Crippen molar-refractivity contribution in [3.63, 3.8) is 0 Å². The molecule has 21 heavy (non-hydrogen) atoms. The minimum Gasteiger partial charge on any atom is -0.306 e. The van der Waals surface area contributed by atoms with Gasteiger partial charge >= 0.3 is 0 Å². The zero-order valence-electron chi connectivity index (χ0n) is 12.1. The summed E-state index contributed by atoms with van der Waals surface area (Å²) in [5.41, 5.74) is 3.27. The fraction of sp³-hybridized carbons (Fsp3) is 0.294. The molecule has 0 heterocycles. The lowest BCUT2D eigenvalue weighted by Gasteiger charge is -2.23. The lowest BCUT2D eigenvalue weighted by molar-refractivity contribution is 0.588. The first-order valence-corrected chi connectivity index (χ1v) is 8.84. The summed E-state index contributed by atoms with van der Waals surface area (Å²) in [6.45, 7) is 5.02. The summed E-state index contributed by atoms with van der Waals surface area (Å²) < 4.78 is 15.6. The number of hydrogen-bond donors (Lipinski definition) is 1. The molecule has 1 N–H and O–H groups in total. The van der Waals surface area contributed by atoms with Gasteiger partial charge in [-0.25, -0.2) is 4.39 Å². The van der Waals surface area contributed by atoms with E-state index in [9.17, 15) is 4.39 Å². The molecule has 0 aliphatic carbocycles. The zero-order chi connectivity index (χ0) is 15.4. The predicted octanol–water partition coefficient (Wildman–Crippen LogP) is 5.59. The summed E-state index contributed by atoms with van der Waals surface area (Å²) in [6.07, 6.45) is 1.05. The molecule has 4 heteroatoms. The van der Waals surface area contributed by atoms with Gasteiger partial charge in [0, 0.05) is 8.04 Å². The smallest absolute Gasteiger partial charge is 0.123 e. The minimum absolute atomic E-state index is 0.0645. The van der Waals surface area contributed by atoms with E-state index in [-0.39, 0.29) is 11.9 Å². The molecule has 0 amide bonds. The Hall–Kier alpha value is -0.460. The quantitative estimate of drug-likeness (QED) is 0.572. The van der Waals surface area contributed by atoms with Crippen LogP contribution >= 0.6 is 38.5 Å². The molecule has 0 aromatic heterocycles. The number of halogens is 3. The molecule has 0 spiro atoms. The molecule has 0 saturated carbocycles. The van der Waals surface area contributed by atoms with E-state index in [1.165, 1.54) is 15.2 Å². The third kappa shape index (κ3) is 4.27. The van der Waals surface area contributed by atoms with Gasteiger partial charge in [0.2, 0.25) is 0 Å². The van der Waals surface area contributed by atoms with E-state index in [2.05, 4.69) is 69.0 Å². The van der Waals surface area contributed by atoms with Crippen LogP contribution in [0.15, 0.2) is 40.9 Å². The molecule has 112 valence electrons. The molecular weight excluding hydrogens is 444 g/mol. The Kier molecular flexibility index (Phi) is 6.20. The van der Waals surface area contributed by atoms with Gasteiger partial charge in [0.1, 0.15) is 5.82 Å². The Bertz CT molecular complexity index is 630. The SMILES string of the molecule is CCCNC(c1ccc(F)cc1C)c1cc(I)ccc1Br. The number of benzene rings is 2. The topological polar surface area (TPSA) is 12.0 Å². The largest absolute Gasteiger partial charge is 0.306 e. The van der Waals surface area contributed by atoms with Gasteiger partial charge in [0.25, 0.3) is 0 Å². The van der Waals surface area contributed by atoms with E-state index < -0.39 is 0 Å². The van der Waals surface area contributed by atoms with Gasteiger partial charge in [-0.1, -0.05) is 28.9 Å². The van der Waals surface area contributed by atoms with Gasteiger partial charge in [-0.3, -0.25) is 0 Å². The zero-order valence-corrected chi connectivity index (χ0v) is 15.8. The highest BCUT2D eigenvalue weighted by molar-refractivity contribution is 14.1. The van der Waals surface area contributed by atoms with Crippen LogP contribution in [0, 0.1) is 16.3 Å². The van der Waals surface area contributed by atoms with Crippen LogP contribution in [-0.4, -0.2) is 6.54 Å². The van der Waals surface area contributed by atoms with Crippen molar-refractivity contribution in [1.82, 2.24) is 5.32 Å². The van der Waals surface area contributed by atoms with Gasteiger partial charge in [-0.2, -0.15) is 0 Å². The second-order valence-electron chi connectivity index (χ2n) is 5.05. The Morgan fingerprint density at radius 3 is 2.62 bits per heavy atom. The van der Waals surface area contributed by atoms with Gasteiger partial charge in [0.05, 0.1) is 6.04 Å². The van der Waals surface area contributed by atoms with E-state index in [0.29, 0.717) is 0 Å².